The van der Waals surface area contributed by atoms with Gasteiger partial charge in [-0.05, 0) is 24.3 Å². The van der Waals surface area contributed by atoms with Gasteiger partial charge in [0.15, 0.2) is 6.61 Å². The molecule has 1 heterocycles. The van der Waals surface area contributed by atoms with E-state index in [0.29, 0.717) is 11.4 Å². The highest BCUT2D eigenvalue weighted by atomic mass is 16.6. The Morgan fingerprint density at radius 2 is 1.80 bits per heavy atom. The molecule has 0 saturated heterocycles. The number of carbonyl (C=O) groups is 2. The van der Waals surface area contributed by atoms with Crippen LogP contribution in [0.2, 0.25) is 0 Å². The molecule has 6 nitrogen and oxygen atoms in total. The predicted molar refractivity (Wildman–Crippen MR) is 91.8 cm³/mol. The molecule has 1 aliphatic heterocycles. The number of amides is 1. The van der Waals surface area contributed by atoms with Crippen LogP contribution in [-0.4, -0.2) is 38.2 Å². The Labute approximate surface area is 145 Å². The predicted octanol–water partition coefficient (Wildman–Crippen LogP) is 2.42. The van der Waals surface area contributed by atoms with Gasteiger partial charge in [0, 0.05) is 6.54 Å². The highest BCUT2D eigenvalue weighted by Gasteiger charge is 2.25. The zero-order valence-corrected chi connectivity index (χ0v) is 13.7. The van der Waals surface area contributed by atoms with Crippen LogP contribution in [-0.2, 0) is 14.3 Å². The molecule has 25 heavy (non-hydrogen) atoms. The Balaban J connectivity index is 1.42. The van der Waals surface area contributed by atoms with Crippen LogP contribution < -0.4 is 14.4 Å². The summed E-state index contributed by atoms with van der Waals surface area (Å²) in [7, 11) is 0. The minimum Gasteiger partial charge on any atom is -0.490 e. The SMILES string of the molecule is O=C(CCN1C(=O)COc2ccccc21)OCCOc1ccccc1. The van der Waals surface area contributed by atoms with Gasteiger partial charge in [0.05, 0.1) is 12.1 Å². The number of hydrogen-bond donors (Lipinski definition) is 0. The van der Waals surface area contributed by atoms with Crippen molar-refractivity contribution in [2.75, 3.05) is 31.3 Å². The maximum Gasteiger partial charge on any atom is 0.307 e. The molecule has 0 unspecified atom stereocenters. The van der Waals surface area contributed by atoms with E-state index in [0.717, 1.165) is 5.75 Å². The topological polar surface area (TPSA) is 65.1 Å². The molecule has 0 bridgehead atoms. The third-order valence-electron chi connectivity index (χ3n) is 3.71. The van der Waals surface area contributed by atoms with E-state index in [1.54, 1.807) is 17.0 Å². The van der Waals surface area contributed by atoms with Crippen LogP contribution in [0.3, 0.4) is 0 Å². The first-order chi connectivity index (χ1) is 12.2. The summed E-state index contributed by atoms with van der Waals surface area (Å²) in [5, 5.41) is 0. The van der Waals surface area contributed by atoms with Crippen molar-refractivity contribution in [3.63, 3.8) is 0 Å². The summed E-state index contributed by atoms with van der Waals surface area (Å²) in [5.74, 6) is 0.841. The number of hydrogen-bond acceptors (Lipinski definition) is 5. The lowest BCUT2D eigenvalue weighted by molar-refractivity contribution is -0.144. The Bertz CT molecular complexity index is 732. The molecule has 2 aromatic rings. The number of carbonyl (C=O) groups excluding carboxylic acids is 2. The standard InChI is InChI=1S/C19H19NO5/c21-18-14-25-17-9-5-4-8-16(17)20(18)11-10-19(22)24-13-12-23-15-6-2-1-3-7-15/h1-9H,10-14H2. The molecular formula is C19H19NO5. The molecule has 6 heteroatoms. The second kappa shape index (κ2) is 8.19. The molecule has 2 aromatic carbocycles. The van der Waals surface area contributed by atoms with Gasteiger partial charge in [0.1, 0.15) is 24.7 Å². The molecule has 1 aliphatic rings. The van der Waals surface area contributed by atoms with Crippen molar-refractivity contribution in [1.29, 1.82) is 0 Å². The van der Waals surface area contributed by atoms with Gasteiger partial charge in [0.25, 0.3) is 5.91 Å². The number of nitrogens with zero attached hydrogens (tertiary/aromatic N) is 1. The second-order valence-electron chi connectivity index (χ2n) is 5.43. The zero-order chi connectivity index (χ0) is 17.5. The lowest BCUT2D eigenvalue weighted by atomic mass is 10.2. The highest BCUT2D eigenvalue weighted by molar-refractivity contribution is 5.98. The van der Waals surface area contributed by atoms with E-state index in [1.807, 2.05) is 42.5 Å². The van der Waals surface area contributed by atoms with Gasteiger partial charge < -0.3 is 19.1 Å². The van der Waals surface area contributed by atoms with Crippen LogP contribution in [0.15, 0.2) is 54.6 Å². The van der Waals surface area contributed by atoms with Gasteiger partial charge in [-0.1, -0.05) is 30.3 Å². The lowest BCUT2D eigenvalue weighted by Crippen LogP contribution is -2.40. The van der Waals surface area contributed by atoms with Gasteiger partial charge in [-0.15, -0.1) is 0 Å². The monoisotopic (exact) mass is 341 g/mol. The highest BCUT2D eigenvalue weighted by Crippen LogP contribution is 2.31. The molecule has 0 aromatic heterocycles. The summed E-state index contributed by atoms with van der Waals surface area (Å²) in [5.41, 5.74) is 0.680. The summed E-state index contributed by atoms with van der Waals surface area (Å²) in [6, 6.07) is 16.6. The fourth-order valence-corrected chi connectivity index (χ4v) is 2.51. The van der Waals surface area contributed by atoms with Crippen LogP contribution >= 0.6 is 0 Å². The van der Waals surface area contributed by atoms with Gasteiger partial charge >= 0.3 is 5.97 Å². The molecule has 0 radical (unpaired) electrons. The summed E-state index contributed by atoms with van der Waals surface area (Å²) < 4.78 is 16.0. The first-order valence-corrected chi connectivity index (χ1v) is 8.10. The number of para-hydroxylation sites is 3. The van der Waals surface area contributed by atoms with E-state index in [2.05, 4.69) is 0 Å². The zero-order valence-electron chi connectivity index (χ0n) is 13.7. The molecule has 130 valence electrons. The molecule has 0 aliphatic carbocycles. The number of esters is 1. The third-order valence-corrected chi connectivity index (χ3v) is 3.71. The first kappa shape index (κ1) is 16.8. The van der Waals surface area contributed by atoms with E-state index >= 15 is 0 Å². The van der Waals surface area contributed by atoms with Crippen LogP contribution in [0.25, 0.3) is 0 Å². The van der Waals surface area contributed by atoms with E-state index in [4.69, 9.17) is 14.2 Å². The second-order valence-corrected chi connectivity index (χ2v) is 5.43. The van der Waals surface area contributed by atoms with Crippen molar-refractivity contribution < 1.29 is 23.8 Å². The Morgan fingerprint density at radius 1 is 1.04 bits per heavy atom. The largest absolute Gasteiger partial charge is 0.490 e. The summed E-state index contributed by atoms with van der Waals surface area (Å²) in [6.07, 6.45) is 0.116. The van der Waals surface area contributed by atoms with Crippen molar-refractivity contribution >= 4 is 17.6 Å². The van der Waals surface area contributed by atoms with E-state index in [-0.39, 0.29) is 44.7 Å². The van der Waals surface area contributed by atoms with Crippen LogP contribution in [0.5, 0.6) is 11.5 Å². The number of ether oxygens (including phenoxy) is 3. The van der Waals surface area contributed by atoms with Crippen molar-refractivity contribution in [2.24, 2.45) is 0 Å². The van der Waals surface area contributed by atoms with Crippen molar-refractivity contribution in [3.8, 4) is 11.5 Å². The fourth-order valence-electron chi connectivity index (χ4n) is 2.51. The number of benzene rings is 2. The third kappa shape index (κ3) is 4.50. The molecule has 0 spiro atoms. The summed E-state index contributed by atoms with van der Waals surface area (Å²) in [6.45, 7) is 0.699. The van der Waals surface area contributed by atoms with Crippen molar-refractivity contribution in [1.82, 2.24) is 0 Å². The van der Waals surface area contributed by atoms with Crippen molar-refractivity contribution in [3.05, 3.63) is 54.6 Å². The van der Waals surface area contributed by atoms with E-state index in [1.165, 1.54) is 0 Å². The molecule has 0 atom stereocenters. The summed E-state index contributed by atoms with van der Waals surface area (Å²) in [4.78, 5) is 25.4. The van der Waals surface area contributed by atoms with Crippen molar-refractivity contribution in [2.45, 2.75) is 6.42 Å². The number of rotatable bonds is 7. The number of fused-ring (bicyclic) bond motifs is 1. The van der Waals surface area contributed by atoms with Crippen LogP contribution in [0, 0.1) is 0 Å². The summed E-state index contributed by atoms with van der Waals surface area (Å²) >= 11 is 0. The maximum absolute atomic E-state index is 12.0. The molecule has 0 N–H and O–H groups in total. The molecule has 1 amide bonds. The quantitative estimate of drug-likeness (QED) is 0.572. The molecule has 0 fully saturated rings. The average Bonchev–Trinajstić information content (AvgIpc) is 2.65. The van der Waals surface area contributed by atoms with Gasteiger partial charge in [0.2, 0.25) is 0 Å². The molecule has 3 rings (SSSR count). The fraction of sp³-hybridized carbons (Fsp3) is 0.263. The smallest absolute Gasteiger partial charge is 0.307 e. The van der Waals surface area contributed by atoms with E-state index in [9.17, 15) is 9.59 Å². The van der Waals surface area contributed by atoms with E-state index < -0.39 is 0 Å². The normalized spacial score (nSPS) is 13.0. The minimum atomic E-state index is -0.367. The van der Waals surface area contributed by atoms with Crippen LogP contribution in [0.1, 0.15) is 6.42 Å². The first-order valence-electron chi connectivity index (χ1n) is 8.10. The van der Waals surface area contributed by atoms with Gasteiger partial charge in [-0.25, -0.2) is 0 Å². The molecule has 0 saturated carbocycles. The minimum absolute atomic E-state index is 0.0169. The Kier molecular flexibility index (Phi) is 5.51. The Morgan fingerprint density at radius 3 is 2.64 bits per heavy atom. The average molecular weight is 341 g/mol. The lowest BCUT2D eigenvalue weighted by Gasteiger charge is -2.28. The molecular weight excluding hydrogens is 322 g/mol. The van der Waals surface area contributed by atoms with Gasteiger partial charge in [-0.2, -0.15) is 0 Å². The Hall–Kier alpha value is -3.02. The number of anilines is 1. The maximum atomic E-state index is 12.0. The van der Waals surface area contributed by atoms with Gasteiger partial charge in [-0.3, -0.25) is 9.59 Å². The van der Waals surface area contributed by atoms with Crippen LogP contribution in [0.4, 0.5) is 5.69 Å².